The third kappa shape index (κ3) is 4.92. The van der Waals surface area contributed by atoms with Gasteiger partial charge in [0.1, 0.15) is 6.04 Å². The lowest BCUT2D eigenvalue weighted by Crippen LogP contribution is -2.95. The molecule has 2 heterocycles. The number of fused-ring (bicyclic) bond motifs is 1. The largest absolute Gasteiger partial charge is 0.448 e. The minimum Gasteiger partial charge on any atom is -0.448 e. The molecule has 0 spiro atoms. The molecule has 4 rings (SSSR count). The number of esters is 1. The van der Waals surface area contributed by atoms with Crippen LogP contribution < -0.4 is 5.32 Å². The number of nitrogens with two attached hydrogens (primary N) is 1. The first-order chi connectivity index (χ1) is 15.1. The van der Waals surface area contributed by atoms with Crippen LogP contribution in [0.5, 0.6) is 0 Å². The maximum Gasteiger partial charge on any atom is 0.331 e. The maximum absolute atomic E-state index is 12.8. The summed E-state index contributed by atoms with van der Waals surface area (Å²) in [6.07, 6.45) is 8.77. The summed E-state index contributed by atoms with van der Waals surface area (Å²) in [5.41, 5.74) is 3.00. The number of para-hydroxylation sites is 1. The molecule has 4 heteroatoms. The first-order valence-corrected chi connectivity index (χ1v) is 10.8. The van der Waals surface area contributed by atoms with Gasteiger partial charge in [-0.1, -0.05) is 61.5 Å². The van der Waals surface area contributed by atoms with Crippen LogP contribution in [0, 0.1) is 5.41 Å². The Bertz CT molecular complexity index is 1080. The first kappa shape index (κ1) is 21.0. The van der Waals surface area contributed by atoms with Crippen LogP contribution in [0.4, 0.5) is 0 Å². The second-order valence-corrected chi connectivity index (χ2v) is 8.52. The molecule has 4 nitrogen and oxygen atoms in total. The Labute approximate surface area is 183 Å². The van der Waals surface area contributed by atoms with E-state index in [2.05, 4.69) is 29.9 Å². The van der Waals surface area contributed by atoms with Gasteiger partial charge in [0.15, 0.2) is 6.10 Å². The average molecular weight is 414 g/mol. The summed E-state index contributed by atoms with van der Waals surface area (Å²) >= 11 is 0. The number of aromatic nitrogens is 1. The standard InChI is InChI=1S/C27H28N2O2/c1-3-27(2)17-15-24(29-19-27)26(22-16-18-28-23-12-8-7-11-21(22)23)31-25(30)14-13-20-9-5-4-6-10-20/h3-14,16,18,24,26,29H,1,15,17,19H2,2H3/p+1/b14-13+/t24-,26+,27+/m1/s1. The van der Waals surface area contributed by atoms with E-state index in [1.54, 1.807) is 12.3 Å². The van der Waals surface area contributed by atoms with E-state index in [-0.39, 0.29) is 23.5 Å². The molecule has 1 saturated heterocycles. The Morgan fingerprint density at radius 2 is 1.97 bits per heavy atom. The zero-order valence-corrected chi connectivity index (χ0v) is 17.9. The van der Waals surface area contributed by atoms with E-state index < -0.39 is 0 Å². The number of carbonyl (C=O) groups is 1. The highest BCUT2D eigenvalue weighted by Crippen LogP contribution is 2.33. The predicted octanol–water partition coefficient (Wildman–Crippen LogP) is 4.45. The van der Waals surface area contributed by atoms with Crippen LogP contribution in [0.15, 0.2) is 85.6 Å². The Balaban J connectivity index is 1.62. The summed E-state index contributed by atoms with van der Waals surface area (Å²) in [5.74, 6) is -0.333. The molecule has 0 amide bonds. The van der Waals surface area contributed by atoms with Gasteiger partial charge < -0.3 is 10.1 Å². The molecule has 158 valence electrons. The molecule has 1 fully saturated rings. The lowest BCUT2D eigenvalue weighted by atomic mass is 9.79. The predicted molar refractivity (Wildman–Crippen MR) is 124 cm³/mol. The van der Waals surface area contributed by atoms with Gasteiger partial charge in [0.05, 0.1) is 12.1 Å². The van der Waals surface area contributed by atoms with E-state index in [9.17, 15) is 4.79 Å². The van der Waals surface area contributed by atoms with Crippen molar-refractivity contribution in [3.8, 4) is 0 Å². The molecule has 2 N–H and O–H groups in total. The van der Waals surface area contributed by atoms with Gasteiger partial charge in [-0.15, -0.1) is 6.58 Å². The van der Waals surface area contributed by atoms with Gasteiger partial charge in [-0.05, 0) is 30.2 Å². The number of quaternary nitrogens is 1. The summed E-state index contributed by atoms with van der Waals surface area (Å²) in [5, 5.41) is 3.33. The average Bonchev–Trinajstić information content (AvgIpc) is 2.82. The molecule has 0 saturated carbocycles. The number of hydrogen-bond acceptors (Lipinski definition) is 3. The molecule has 3 aromatic rings. The lowest BCUT2D eigenvalue weighted by molar-refractivity contribution is -0.715. The van der Waals surface area contributed by atoms with Gasteiger partial charge in [-0.3, -0.25) is 4.98 Å². The molecule has 0 aliphatic carbocycles. The van der Waals surface area contributed by atoms with E-state index in [1.165, 1.54) is 6.08 Å². The summed E-state index contributed by atoms with van der Waals surface area (Å²) in [6.45, 7) is 7.17. The second-order valence-electron chi connectivity index (χ2n) is 8.52. The fourth-order valence-corrected chi connectivity index (χ4v) is 4.24. The van der Waals surface area contributed by atoms with Crippen molar-refractivity contribution in [1.29, 1.82) is 0 Å². The summed E-state index contributed by atoms with van der Waals surface area (Å²) < 4.78 is 6.10. The number of piperidine rings is 1. The molecule has 2 aromatic carbocycles. The molecule has 0 radical (unpaired) electrons. The molecule has 0 bridgehead atoms. The van der Waals surface area contributed by atoms with E-state index in [1.807, 2.05) is 60.7 Å². The molecule has 3 atom stereocenters. The number of nitrogens with zero attached hydrogens (tertiary/aromatic N) is 1. The van der Waals surface area contributed by atoms with Crippen LogP contribution in [0.2, 0.25) is 0 Å². The fourth-order valence-electron chi connectivity index (χ4n) is 4.24. The van der Waals surface area contributed by atoms with Gasteiger partial charge in [0, 0.05) is 35.1 Å². The van der Waals surface area contributed by atoms with Crippen LogP contribution in [-0.2, 0) is 9.53 Å². The molecule has 1 aromatic heterocycles. The van der Waals surface area contributed by atoms with Crippen molar-refractivity contribution < 1.29 is 14.8 Å². The van der Waals surface area contributed by atoms with E-state index in [0.717, 1.165) is 41.4 Å². The molecule has 1 aliphatic rings. The zero-order chi connectivity index (χ0) is 21.7. The molecule has 1 aliphatic heterocycles. The monoisotopic (exact) mass is 413 g/mol. The smallest absolute Gasteiger partial charge is 0.331 e. The number of carbonyl (C=O) groups excluding carboxylic acids is 1. The first-order valence-electron chi connectivity index (χ1n) is 10.8. The number of ether oxygens (including phenoxy) is 1. The van der Waals surface area contributed by atoms with Crippen molar-refractivity contribution in [2.45, 2.75) is 31.9 Å². The summed E-state index contributed by atoms with van der Waals surface area (Å²) in [7, 11) is 0. The number of benzene rings is 2. The Morgan fingerprint density at radius 3 is 2.71 bits per heavy atom. The van der Waals surface area contributed by atoms with Crippen LogP contribution in [-0.4, -0.2) is 23.5 Å². The number of pyridine rings is 1. The minimum atomic E-state index is -0.352. The van der Waals surface area contributed by atoms with E-state index in [0.29, 0.717) is 0 Å². The third-order valence-electron chi connectivity index (χ3n) is 6.26. The molecule has 0 unspecified atom stereocenters. The third-order valence-corrected chi connectivity index (χ3v) is 6.26. The molecule has 31 heavy (non-hydrogen) atoms. The van der Waals surface area contributed by atoms with Crippen molar-refractivity contribution in [2.75, 3.05) is 6.54 Å². The SMILES string of the molecule is C=C[C@@]1(C)CC[C@H]([C@@H](OC(=O)/C=C/c2ccccc2)c2ccnc3ccccc23)[NH2+]C1. The normalized spacial score (nSPS) is 22.3. The van der Waals surface area contributed by atoms with Crippen molar-refractivity contribution in [2.24, 2.45) is 5.41 Å². The number of hydrogen-bond donors (Lipinski definition) is 1. The lowest BCUT2D eigenvalue weighted by Gasteiger charge is -2.36. The van der Waals surface area contributed by atoms with Crippen LogP contribution in [0.1, 0.15) is 37.0 Å². The highest BCUT2D eigenvalue weighted by molar-refractivity contribution is 5.88. The van der Waals surface area contributed by atoms with Gasteiger partial charge in [-0.2, -0.15) is 0 Å². The topological polar surface area (TPSA) is 55.8 Å². The zero-order valence-electron chi connectivity index (χ0n) is 17.9. The highest BCUT2D eigenvalue weighted by Gasteiger charge is 2.38. The van der Waals surface area contributed by atoms with Gasteiger partial charge in [-0.25, -0.2) is 4.79 Å². The second kappa shape index (κ2) is 9.27. The Kier molecular flexibility index (Phi) is 6.28. The Morgan fingerprint density at radius 1 is 1.19 bits per heavy atom. The van der Waals surface area contributed by atoms with Crippen LogP contribution in [0.25, 0.3) is 17.0 Å². The van der Waals surface area contributed by atoms with Gasteiger partial charge >= 0.3 is 5.97 Å². The highest BCUT2D eigenvalue weighted by atomic mass is 16.5. The van der Waals surface area contributed by atoms with Crippen molar-refractivity contribution in [3.05, 3.63) is 96.7 Å². The Hall–Kier alpha value is -3.24. The quantitative estimate of drug-likeness (QED) is 0.369. The van der Waals surface area contributed by atoms with Gasteiger partial charge in [0.25, 0.3) is 0 Å². The number of rotatable bonds is 6. The molecular weight excluding hydrogens is 384 g/mol. The summed E-state index contributed by atoms with van der Waals surface area (Å²) in [6, 6.07) is 19.9. The fraction of sp³-hybridized carbons (Fsp3) is 0.259. The van der Waals surface area contributed by atoms with Crippen LogP contribution in [0.3, 0.4) is 0 Å². The van der Waals surface area contributed by atoms with Crippen LogP contribution >= 0.6 is 0 Å². The van der Waals surface area contributed by atoms with Crippen molar-refractivity contribution >= 4 is 22.9 Å². The minimum absolute atomic E-state index is 0.110. The van der Waals surface area contributed by atoms with Crippen molar-refractivity contribution in [3.63, 3.8) is 0 Å². The van der Waals surface area contributed by atoms with Crippen molar-refractivity contribution in [1.82, 2.24) is 4.98 Å². The van der Waals surface area contributed by atoms with E-state index >= 15 is 0 Å². The molecular formula is C27H29N2O2+. The maximum atomic E-state index is 12.8. The van der Waals surface area contributed by atoms with E-state index in [4.69, 9.17) is 4.74 Å². The summed E-state index contributed by atoms with van der Waals surface area (Å²) in [4.78, 5) is 17.3. The van der Waals surface area contributed by atoms with Gasteiger partial charge in [0.2, 0.25) is 0 Å².